The van der Waals surface area contributed by atoms with Gasteiger partial charge < -0.3 is 19.9 Å². The molecule has 1 fully saturated rings. The molecule has 2 aliphatic rings. The minimum absolute atomic E-state index is 0.144. The minimum atomic E-state index is -4.98. The van der Waals surface area contributed by atoms with Gasteiger partial charge in [-0.15, -0.1) is 0 Å². The molecule has 2 atom stereocenters. The number of anilines is 1. The number of hydrogen-bond acceptors (Lipinski definition) is 4. The molecule has 4 aromatic rings. The van der Waals surface area contributed by atoms with E-state index in [0.717, 1.165) is 39.6 Å². The molecule has 0 aliphatic carbocycles. The van der Waals surface area contributed by atoms with Crippen LogP contribution in [0.2, 0.25) is 0 Å². The molecule has 2 aromatic carbocycles. The average molecular weight is 526 g/mol. The van der Waals surface area contributed by atoms with Gasteiger partial charge in [0.05, 0.1) is 17.4 Å². The second-order valence-electron chi connectivity index (χ2n) is 9.61. The van der Waals surface area contributed by atoms with E-state index in [2.05, 4.69) is 9.55 Å². The molecule has 4 heterocycles. The van der Waals surface area contributed by atoms with Crippen LogP contribution in [0.3, 0.4) is 0 Å². The zero-order valence-electron chi connectivity index (χ0n) is 20.0. The number of carbonyl (C=O) groups excluding carboxylic acids is 1. The van der Waals surface area contributed by atoms with Gasteiger partial charge in [-0.3, -0.25) is 9.36 Å². The van der Waals surface area contributed by atoms with E-state index in [4.69, 9.17) is 0 Å². The van der Waals surface area contributed by atoms with Gasteiger partial charge in [-0.05, 0) is 47.5 Å². The molecule has 1 saturated heterocycles. The predicted octanol–water partition coefficient (Wildman–Crippen LogP) is 3.98. The third kappa shape index (κ3) is 4.22. The topological polar surface area (TPSA) is 75.3 Å². The lowest BCUT2D eigenvalue weighted by atomic mass is 10.1. The molecule has 2 aliphatic heterocycles. The first kappa shape index (κ1) is 24.2. The predicted molar refractivity (Wildman–Crippen MR) is 132 cm³/mol. The molecule has 1 amide bonds. The van der Waals surface area contributed by atoms with Crippen molar-refractivity contribution in [1.82, 2.24) is 19.4 Å². The Balaban J connectivity index is 1.32. The van der Waals surface area contributed by atoms with E-state index in [9.17, 15) is 27.5 Å². The molecule has 1 unspecified atom stereocenters. The van der Waals surface area contributed by atoms with Crippen LogP contribution in [0.25, 0.3) is 28.3 Å². The van der Waals surface area contributed by atoms with Gasteiger partial charge in [-0.1, -0.05) is 12.1 Å². The second-order valence-corrected chi connectivity index (χ2v) is 9.61. The van der Waals surface area contributed by atoms with E-state index in [-0.39, 0.29) is 19.0 Å². The summed E-state index contributed by atoms with van der Waals surface area (Å²) in [6.45, 7) is 0.611. The first-order valence-electron chi connectivity index (χ1n) is 12.1. The Labute approximate surface area is 214 Å². The summed E-state index contributed by atoms with van der Waals surface area (Å²) in [5, 5.41) is 11.8. The Morgan fingerprint density at radius 2 is 1.87 bits per heavy atom. The number of benzene rings is 2. The number of amides is 1. The van der Waals surface area contributed by atoms with Gasteiger partial charge in [0.1, 0.15) is 5.82 Å². The molecule has 0 spiro atoms. The molecular weight excluding hydrogens is 502 g/mol. The number of nitrogens with zero attached hydrogens (tertiary/aromatic N) is 4. The van der Waals surface area contributed by atoms with Crippen LogP contribution in [-0.4, -0.2) is 57.0 Å². The van der Waals surface area contributed by atoms with Crippen molar-refractivity contribution in [3.8, 4) is 28.3 Å². The standard InChI is InChI=1S/C27H23F4N5O2/c28-20-3-1-16(2-4-20)17-10-24-25-32-7-8-36(25)23-6-5-21(9-18(23)12-35(24)11-17)34-13-19(15-37)22(14-34)33-26(38)27(29,30)31/h1-11,19,22,37H,12-15H2,(H,33,38)/t19-,22?/m0/s1. The summed E-state index contributed by atoms with van der Waals surface area (Å²) in [7, 11) is 0. The molecular formula is C27H23F4N5O2. The number of nitrogens with one attached hydrogen (secondary N) is 1. The Hall–Kier alpha value is -4.12. The van der Waals surface area contributed by atoms with Crippen molar-refractivity contribution in [3.63, 3.8) is 0 Å². The maximum Gasteiger partial charge on any atom is 0.471 e. The van der Waals surface area contributed by atoms with Crippen LogP contribution < -0.4 is 10.2 Å². The van der Waals surface area contributed by atoms with Crippen molar-refractivity contribution in [1.29, 1.82) is 0 Å². The summed E-state index contributed by atoms with van der Waals surface area (Å²) in [6, 6.07) is 13.3. The summed E-state index contributed by atoms with van der Waals surface area (Å²) in [5.74, 6) is -2.09. The smallest absolute Gasteiger partial charge is 0.396 e. The van der Waals surface area contributed by atoms with Gasteiger partial charge in [-0.2, -0.15) is 13.2 Å². The van der Waals surface area contributed by atoms with E-state index in [1.165, 1.54) is 12.1 Å². The van der Waals surface area contributed by atoms with Crippen LogP contribution in [0.4, 0.5) is 23.2 Å². The molecule has 0 bridgehead atoms. The van der Waals surface area contributed by atoms with E-state index >= 15 is 0 Å². The normalized spacial score (nSPS) is 18.5. The molecule has 38 heavy (non-hydrogen) atoms. The molecule has 6 rings (SSSR count). The molecule has 0 saturated carbocycles. The van der Waals surface area contributed by atoms with Crippen molar-refractivity contribution >= 4 is 11.6 Å². The zero-order valence-corrected chi connectivity index (χ0v) is 20.0. The molecule has 2 aromatic heterocycles. The van der Waals surface area contributed by atoms with Crippen molar-refractivity contribution in [3.05, 3.63) is 78.5 Å². The Morgan fingerprint density at radius 1 is 1.08 bits per heavy atom. The number of aliphatic hydroxyl groups excluding tert-OH is 1. The lowest BCUT2D eigenvalue weighted by Gasteiger charge is -2.21. The number of aromatic nitrogens is 3. The number of carbonyl (C=O) groups is 1. The van der Waals surface area contributed by atoms with E-state index in [0.29, 0.717) is 13.1 Å². The SMILES string of the molecule is O=C(NC1CN(c2ccc3c(c2)Cn2cc(-c4ccc(F)cc4)cc2-c2nccn2-3)C[C@H]1CO)C(F)(F)F. The van der Waals surface area contributed by atoms with Gasteiger partial charge in [0.2, 0.25) is 0 Å². The number of rotatable bonds is 4. The third-order valence-corrected chi connectivity index (χ3v) is 7.22. The first-order valence-corrected chi connectivity index (χ1v) is 12.1. The maximum atomic E-state index is 13.4. The van der Waals surface area contributed by atoms with Crippen LogP contribution >= 0.6 is 0 Å². The maximum absolute atomic E-state index is 13.4. The van der Waals surface area contributed by atoms with Crippen molar-refractivity contribution in [2.24, 2.45) is 5.92 Å². The second kappa shape index (κ2) is 9.02. The van der Waals surface area contributed by atoms with Crippen LogP contribution in [0.1, 0.15) is 5.56 Å². The summed E-state index contributed by atoms with van der Waals surface area (Å²) in [6.07, 6.45) is 0.590. The van der Waals surface area contributed by atoms with Crippen molar-refractivity contribution in [2.75, 3.05) is 24.6 Å². The number of halogens is 4. The third-order valence-electron chi connectivity index (χ3n) is 7.22. The highest BCUT2D eigenvalue weighted by Gasteiger charge is 2.43. The first-order chi connectivity index (χ1) is 18.2. The Morgan fingerprint density at radius 3 is 2.61 bits per heavy atom. The number of alkyl halides is 3. The highest BCUT2D eigenvalue weighted by atomic mass is 19.4. The summed E-state index contributed by atoms with van der Waals surface area (Å²) >= 11 is 0. The Kier molecular flexibility index (Phi) is 5.75. The number of aliphatic hydroxyl groups is 1. The molecule has 11 heteroatoms. The van der Waals surface area contributed by atoms with E-state index in [1.54, 1.807) is 18.3 Å². The quantitative estimate of drug-likeness (QED) is 0.348. The molecule has 2 N–H and O–H groups in total. The monoisotopic (exact) mass is 525 g/mol. The Bertz CT molecular complexity index is 1510. The number of fused-ring (bicyclic) bond motifs is 5. The summed E-state index contributed by atoms with van der Waals surface area (Å²) in [5.41, 5.74) is 5.35. The summed E-state index contributed by atoms with van der Waals surface area (Å²) < 4.78 is 55.9. The largest absolute Gasteiger partial charge is 0.471 e. The van der Waals surface area contributed by atoms with Crippen LogP contribution in [0, 0.1) is 11.7 Å². The lowest BCUT2D eigenvalue weighted by Crippen LogP contribution is -2.47. The van der Waals surface area contributed by atoms with Gasteiger partial charge in [0.15, 0.2) is 5.82 Å². The number of imidazole rings is 1. The zero-order chi connectivity index (χ0) is 26.6. The van der Waals surface area contributed by atoms with Crippen molar-refractivity contribution in [2.45, 2.75) is 18.8 Å². The van der Waals surface area contributed by atoms with Crippen LogP contribution in [0.15, 0.2) is 67.1 Å². The van der Waals surface area contributed by atoms with Gasteiger partial charge in [0.25, 0.3) is 0 Å². The van der Waals surface area contributed by atoms with Gasteiger partial charge in [0, 0.05) is 62.0 Å². The summed E-state index contributed by atoms with van der Waals surface area (Å²) in [4.78, 5) is 18.0. The van der Waals surface area contributed by atoms with Crippen LogP contribution in [0.5, 0.6) is 0 Å². The fourth-order valence-corrected chi connectivity index (χ4v) is 5.31. The number of hydrogen-bond donors (Lipinski definition) is 2. The van der Waals surface area contributed by atoms with E-state index < -0.39 is 24.0 Å². The van der Waals surface area contributed by atoms with Gasteiger partial charge >= 0.3 is 12.1 Å². The molecule has 7 nitrogen and oxygen atoms in total. The van der Waals surface area contributed by atoms with Crippen LogP contribution in [-0.2, 0) is 11.3 Å². The molecule has 0 radical (unpaired) electrons. The van der Waals surface area contributed by atoms with Crippen molar-refractivity contribution < 1.29 is 27.5 Å². The fraction of sp³-hybridized carbons (Fsp3) is 0.259. The minimum Gasteiger partial charge on any atom is -0.396 e. The van der Waals surface area contributed by atoms with E-state index in [1.807, 2.05) is 51.4 Å². The highest BCUT2D eigenvalue weighted by Crippen LogP contribution is 2.36. The van der Waals surface area contributed by atoms with Gasteiger partial charge in [-0.25, -0.2) is 9.37 Å². The highest BCUT2D eigenvalue weighted by molar-refractivity contribution is 5.82. The fourth-order valence-electron chi connectivity index (χ4n) is 5.31. The lowest BCUT2D eigenvalue weighted by molar-refractivity contribution is -0.174. The average Bonchev–Trinajstić information content (AvgIpc) is 3.61. The molecule has 196 valence electrons.